The van der Waals surface area contributed by atoms with Crippen molar-refractivity contribution in [3.8, 4) is 0 Å². The Morgan fingerprint density at radius 3 is 2.89 bits per heavy atom. The molecule has 1 fully saturated rings. The Hall–Kier alpha value is -0.650. The summed E-state index contributed by atoms with van der Waals surface area (Å²) in [4.78, 5) is 11.2. The third-order valence-corrected chi connectivity index (χ3v) is 3.50. The van der Waals surface area contributed by atoms with Crippen LogP contribution in [-0.4, -0.2) is 45.2 Å². The van der Waals surface area contributed by atoms with Gasteiger partial charge in [-0.2, -0.15) is 0 Å². The van der Waals surface area contributed by atoms with E-state index >= 15 is 0 Å². The van der Waals surface area contributed by atoms with Gasteiger partial charge in [-0.1, -0.05) is 19.8 Å². The lowest BCUT2D eigenvalue weighted by Crippen LogP contribution is -2.48. The zero-order valence-electron chi connectivity index (χ0n) is 12.3. The first kappa shape index (κ1) is 16.4. The van der Waals surface area contributed by atoms with Crippen LogP contribution in [0.1, 0.15) is 39.5 Å². The summed E-state index contributed by atoms with van der Waals surface area (Å²) in [6.07, 6.45) is 4.10. The summed E-state index contributed by atoms with van der Waals surface area (Å²) >= 11 is 0. The summed E-state index contributed by atoms with van der Waals surface area (Å²) in [7, 11) is 1.62. The van der Waals surface area contributed by atoms with Crippen LogP contribution < -0.4 is 5.32 Å². The third-order valence-electron chi connectivity index (χ3n) is 3.50. The van der Waals surface area contributed by atoms with E-state index in [1.807, 2.05) is 0 Å². The topological polar surface area (TPSA) is 56.8 Å². The molecule has 0 aromatic heterocycles. The molecule has 5 nitrogen and oxygen atoms in total. The Morgan fingerprint density at radius 2 is 2.26 bits per heavy atom. The van der Waals surface area contributed by atoms with Gasteiger partial charge in [0.1, 0.15) is 12.9 Å². The van der Waals surface area contributed by atoms with Crippen LogP contribution in [0.25, 0.3) is 0 Å². The van der Waals surface area contributed by atoms with Crippen molar-refractivity contribution in [3.05, 3.63) is 0 Å². The van der Waals surface area contributed by atoms with Gasteiger partial charge in [0, 0.05) is 26.5 Å². The molecule has 5 heteroatoms. The van der Waals surface area contributed by atoms with Crippen LogP contribution in [0.2, 0.25) is 0 Å². The molecule has 0 aliphatic carbocycles. The van der Waals surface area contributed by atoms with Crippen LogP contribution in [0.15, 0.2) is 0 Å². The molecule has 3 atom stereocenters. The number of carbonyl (C=O) groups is 1. The van der Waals surface area contributed by atoms with Crippen LogP contribution in [0, 0.1) is 5.92 Å². The Balaban J connectivity index is 2.61. The van der Waals surface area contributed by atoms with Crippen molar-refractivity contribution in [2.75, 3.05) is 27.0 Å². The van der Waals surface area contributed by atoms with Gasteiger partial charge in [0.25, 0.3) is 0 Å². The number of ether oxygens (including phenoxy) is 3. The molecule has 0 aromatic rings. The van der Waals surface area contributed by atoms with E-state index in [-0.39, 0.29) is 30.9 Å². The van der Waals surface area contributed by atoms with Gasteiger partial charge in [0.05, 0.1) is 6.10 Å². The smallest absolute Gasteiger partial charge is 0.302 e. The number of piperidine rings is 1. The van der Waals surface area contributed by atoms with E-state index in [1.54, 1.807) is 7.11 Å². The molecule has 0 spiro atoms. The fourth-order valence-corrected chi connectivity index (χ4v) is 2.57. The van der Waals surface area contributed by atoms with Crippen LogP contribution >= 0.6 is 0 Å². The number of carbonyl (C=O) groups excluding carboxylic acids is 1. The van der Waals surface area contributed by atoms with Crippen LogP contribution in [0.3, 0.4) is 0 Å². The zero-order chi connectivity index (χ0) is 14.1. The van der Waals surface area contributed by atoms with E-state index < -0.39 is 0 Å². The van der Waals surface area contributed by atoms with Crippen molar-refractivity contribution >= 4 is 5.97 Å². The summed E-state index contributed by atoms with van der Waals surface area (Å²) in [6.45, 7) is 5.64. The number of nitrogens with one attached hydrogen (secondary N) is 1. The minimum absolute atomic E-state index is 0.0440. The largest absolute Gasteiger partial charge is 0.462 e. The molecule has 1 N–H and O–H groups in total. The highest BCUT2D eigenvalue weighted by Gasteiger charge is 2.34. The molecule has 1 saturated heterocycles. The molecule has 1 rings (SSSR count). The molecule has 19 heavy (non-hydrogen) atoms. The van der Waals surface area contributed by atoms with Gasteiger partial charge in [-0.15, -0.1) is 0 Å². The van der Waals surface area contributed by atoms with Gasteiger partial charge in [-0.25, -0.2) is 0 Å². The summed E-state index contributed by atoms with van der Waals surface area (Å²) in [5.74, 6) is -0.00256. The Kier molecular flexibility index (Phi) is 8.02. The number of hydrogen-bond donors (Lipinski definition) is 1. The second-order valence-electron chi connectivity index (χ2n) is 5.06. The number of esters is 1. The number of unbranched alkanes of at least 4 members (excludes halogenated alkanes) is 1. The fourth-order valence-electron chi connectivity index (χ4n) is 2.57. The quantitative estimate of drug-likeness (QED) is 0.539. The fraction of sp³-hybridized carbons (Fsp3) is 0.929. The van der Waals surface area contributed by atoms with Crippen LogP contribution in [0.5, 0.6) is 0 Å². The summed E-state index contributed by atoms with van der Waals surface area (Å²) in [5, 5.41) is 3.36. The van der Waals surface area contributed by atoms with Gasteiger partial charge in [-0.3, -0.25) is 4.79 Å². The van der Waals surface area contributed by atoms with Crippen molar-refractivity contribution in [3.63, 3.8) is 0 Å². The van der Waals surface area contributed by atoms with E-state index in [9.17, 15) is 4.79 Å². The number of rotatable bonds is 8. The zero-order valence-corrected chi connectivity index (χ0v) is 12.3. The van der Waals surface area contributed by atoms with Crippen molar-refractivity contribution in [1.29, 1.82) is 0 Å². The Bertz CT molecular complexity index is 252. The van der Waals surface area contributed by atoms with Crippen molar-refractivity contribution in [2.24, 2.45) is 5.92 Å². The first-order valence-corrected chi connectivity index (χ1v) is 7.17. The van der Waals surface area contributed by atoms with Crippen molar-refractivity contribution < 1.29 is 19.0 Å². The van der Waals surface area contributed by atoms with Gasteiger partial charge in [0.2, 0.25) is 0 Å². The first-order chi connectivity index (χ1) is 9.19. The molecule has 0 amide bonds. The van der Waals surface area contributed by atoms with E-state index in [1.165, 1.54) is 6.92 Å². The van der Waals surface area contributed by atoms with E-state index in [4.69, 9.17) is 14.2 Å². The SMILES string of the molecule is CCCCC(OCOC)C1CNCCC1OC(C)=O. The maximum Gasteiger partial charge on any atom is 0.302 e. The van der Waals surface area contributed by atoms with Gasteiger partial charge in [0.15, 0.2) is 0 Å². The minimum Gasteiger partial charge on any atom is -0.462 e. The molecule has 112 valence electrons. The molecule has 1 aliphatic rings. The minimum atomic E-state index is -0.210. The second-order valence-corrected chi connectivity index (χ2v) is 5.06. The summed E-state index contributed by atoms with van der Waals surface area (Å²) < 4.78 is 16.2. The highest BCUT2D eigenvalue weighted by atomic mass is 16.7. The highest BCUT2D eigenvalue weighted by molar-refractivity contribution is 5.66. The molecule has 0 saturated carbocycles. The maximum atomic E-state index is 11.2. The molecule has 0 bridgehead atoms. The van der Waals surface area contributed by atoms with E-state index in [2.05, 4.69) is 12.2 Å². The van der Waals surface area contributed by atoms with Crippen LogP contribution in [0.4, 0.5) is 0 Å². The lowest BCUT2D eigenvalue weighted by Gasteiger charge is -2.36. The Morgan fingerprint density at radius 1 is 1.47 bits per heavy atom. The monoisotopic (exact) mass is 273 g/mol. The van der Waals surface area contributed by atoms with E-state index in [0.717, 1.165) is 38.8 Å². The second kappa shape index (κ2) is 9.28. The van der Waals surface area contributed by atoms with Gasteiger partial charge < -0.3 is 19.5 Å². The lowest BCUT2D eigenvalue weighted by atomic mass is 9.88. The number of hydrogen-bond acceptors (Lipinski definition) is 5. The Labute approximate surface area is 116 Å². The van der Waals surface area contributed by atoms with Crippen molar-refractivity contribution in [2.45, 2.75) is 51.7 Å². The predicted octanol–water partition coefficient (Wildman–Crippen LogP) is 1.71. The first-order valence-electron chi connectivity index (χ1n) is 7.17. The molecular formula is C14H27NO4. The van der Waals surface area contributed by atoms with E-state index in [0.29, 0.717) is 0 Å². The maximum absolute atomic E-state index is 11.2. The molecule has 3 unspecified atom stereocenters. The normalized spacial score (nSPS) is 25.0. The molecule has 0 radical (unpaired) electrons. The molecule has 0 aromatic carbocycles. The average molecular weight is 273 g/mol. The van der Waals surface area contributed by atoms with Gasteiger partial charge in [-0.05, 0) is 19.4 Å². The van der Waals surface area contributed by atoms with Crippen LogP contribution in [-0.2, 0) is 19.0 Å². The standard InChI is InChI=1S/C14H27NO4/c1-4-5-6-13(18-10-17-3)12-9-15-8-7-14(12)19-11(2)16/h12-15H,4-10H2,1-3H3. The van der Waals surface area contributed by atoms with Gasteiger partial charge >= 0.3 is 5.97 Å². The predicted molar refractivity (Wildman–Crippen MR) is 72.8 cm³/mol. The molecule has 1 aliphatic heterocycles. The average Bonchev–Trinajstić information content (AvgIpc) is 2.39. The van der Waals surface area contributed by atoms with Crippen molar-refractivity contribution in [1.82, 2.24) is 5.32 Å². The summed E-state index contributed by atoms with van der Waals surface area (Å²) in [6, 6.07) is 0. The third kappa shape index (κ3) is 5.89. The molecular weight excluding hydrogens is 246 g/mol. The number of methoxy groups -OCH3 is 1. The summed E-state index contributed by atoms with van der Waals surface area (Å²) in [5.41, 5.74) is 0. The lowest BCUT2D eigenvalue weighted by molar-refractivity contribution is -0.159. The highest BCUT2D eigenvalue weighted by Crippen LogP contribution is 2.24. The molecule has 1 heterocycles.